The Kier molecular flexibility index (Phi) is 4.08. The molecule has 0 radical (unpaired) electrons. The van der Waals surface area contributed by atoms with Gasteiger partial charge in [-0.3, -0.25) is 4.79 Å². The molecule has 0 saturated carbocycles. The molecule has 0 aliphatic carbocycles. The van der Waals surface area contributed by atoms with Crippen LogP contribution in [0.2, 0.25) is 0 Å². The number of aryl methyl sites for hydroxylation is 2. The molecule has 0 spiro atoms. The molecule has 1 N–H and O–H groups in total. The van der Waals surface area contributed by atoms with E-state index in [2.05, 4.69) is 5.32 Å². The molecule has 0 bridgehead atoms. The Labute approximate surface area is 139 Å². The van der Waals surface area contributed by atoms with E-state index in [1.807, 2.05) is 42.8 Å². The van der Waals surface area contributed by atoms with Crippen LogP contribution in [-0.2, 0) is 11.8 Å². The Morgan fingerprint density at radius 2 is 1.71 bits per heavy atom. The smallest absolute Gasteiger partial charge is 0.339 e. The number of carbonyl (C=O) groups is 2. The van der Waals surface area contributed by atoms with Gasteiger partial charge >= 0.3 is 5.97 Å². The van der Waals surface area contributed by atoms with Crippen LogP contribution >= 0.6 is 0 Å². The summed E-state index contributed by atoms with van der Waals surface area (Å²) in [4.78, 5) is 24.7. The zero-order valence-electron chi connectivity index (χ0n) is 13.8. The highest BCUT2D eigenvalue weighted by Crippen LogP contribution is 2.26. The third-order valence-electron chi connectivity index (χ3n) is 4.16. The van der Waals surface area contributed by atoms with Gasteiger partial charge in [0.05, 0.1) is 18.4 Å². The Balaban J connectivity index is 2.02. The molecule has 24 heavy (non-hydrogen) atoms. The summed E-state index contributed by atoms with van der Waals surface area (Å²) >= 11 is 0. The van der Waals surface area contributed by atoms with Gasteiger partial charge in [-0.15, -0.1) is 0 Å². The first-order valence-electron chi connectivity index (χ1n) is 7.57. The quantitative estimate of drug-likeness (QED) is 0.751. The lowest BCUT2D eigenvalue weighted by Gasteiger charge is -2.11. The molecule has 2 aromatic carbocycles. The lowest BCUT2D eigenvalue weighted by atomic mass is 10.1. The molecule has 0 aliphatic heterocycles. The second kappa shape index (κ2) is 6.20. The van der Waals surface area contributed by atoms with Crippen molar-refractivity contribution in [2.24, 2.45) is 7.05 Å². The summed E-state index contributed by atoms with van der Waals surface area (Å²) in [7, 11) is 3.17. The van der Waals surface area contributed by atoms with Crippen LogP contribution < -0.4 is 5.32 Å². The number of amides is 1. The highest BCUT2D eigenvalue weighted by Gasteiger charge is 2.20. The Morgan fingerprint density at radius 3 is 2.42 bits per heavy atom. The Morgan fingerprint density at radius 1 is 1.04 bits per heavy atom. The van der Waals surface area contributed by atoms with Gasteiger partial charge < -0.3 is 14.6 Å². The number of benzene rings is 2. The van der Waals surface area contributed by atoms with Crippen molar-refractivity contribution in [3.63, 3.8) is 0 Å². The van der Waals surface area contributed by atoms with Crippen LogP contribution in [0, 0.1) is 6.92 Å². The minimum Gasteiger partial charge on any atom is -0.465 e. The molecule has 1 heterocycles. The van der Waals surface area contributed by atoms with E-state index in [1.165, 1.54) is 7.11 Å². The number of fused-ring (bicyclic) bond motifs is 1. The molecule has 3 rings (SSSR count). The predicted molar refractivity (Wildman–Crippen MR) is 93.4 cm³/mol. The number of aromatic nitrogens is 1. The van der Waals surface area contributed by atoms with Crippen LogP contribution in [0.3, 0.4) is 0 Å². The van der Waals surface area contributed by atoms with Crippen LogP contribution in [0.25, 0.3) is 10.9 Å². The average molecular weight is 322 g/mol. The number of hydrogen-bond acceptors (Lipinski definition) is 3. The van der Waals surface area contributed by atoms with E-state index in [-0.39, 0.29) is 5.91 Å². The summed E-state index contributed by atoms with van der Waals surface area (Å²) in [5, 5.41) is 3.86. The number of hydrogen-bond donors (Lipinski definition) is 1. The van der Waals surface area contributed by atoms with Gasteiger partial charge in [-0.1, -0.05) is 30.3 Å². The van der Waals surface area contributed by atoms with Gasteiger partial charge in [0.1, 0.15) is 5.69 Å². The first-order valence-corrected chi connectivity index (χ1v) is 7.57. The van der Waals surface area contributed by atoms with Crippen molar-refractivity contribution in [2.45, 2.75) is 6.92 Å². The molecular formula is C19H18N2O3. The van der Waals surface area contributed by atoms with Crippen molar-refractivity contribution in [1.82, 2.24) is 4.57 Å². The fourth-order valence-electron chi connectivity index (χ4n) is 2.97. The largest absolute Gasteiger partial charge is 0.465 e. The van der Waals surface area contributed by atoms with Crippen LogP contribution in [0.4, 0.5) is 5.69 Å². The molecule has 1 aromatic heterocycles. The van der Waals surface area contributed by atoms with Crippen LogP contribution in [0.1, 0.15) is 26.4 Å². The van der Waals surface area contributed by atoms with E-state index in [1.54, 1.807) is 24.3 Å². The molecule has 3 aromatic rings. The Bertz CT molecular complexity index is 902. The fraction of sp³-hybridized carbons (Fsp3) is 0.158. The van der Waals surface area contributed by atoms with Crippen molar-refractivity contribution >= 4 is 28.5 Å². The number of esters is 1. The van der Waals surface area contributed by atoms with Gasteiger partial charge in [0.15, 0.2) is 0 Å². The summed E-state index contributed by atoms with van der Waals surface area (Å²) in [6.07, 6.45) is 0. The molecule has 0 atom stereocenters. The van der Waals surface area contributed by atoms with Crippen LogP contribution in [-0.4, -0.2) is 23.6 Å². The van der Waals surface area contributed by atoms with E-state index in [0.29, 0.717) is 16.9 Å². The number of anilines is 1. The fourth-order valence-corrected chi connectivity index (χ4v) is 2.97. The standard InChI is InChI=1S/C19H18N2O3/c1-12-13-8-5-7-11-16(13)21(2)17(12)18(22)20-15-10-6-4-9-14(15)19(23)24-3/h4-11H,1-3H3,(H,20,22). The van der Waals surface area contributed by atoms with E-state index < -0.39 is 5.97 Å². The van der Waals surface area contributed by atoms with Gasteiger partial charge in [-0.05, 0) is 30.7 Å². The summed E-state index contributed by atoms with van der Waals surface area (Å²) in [6.45, 7) is 1.92. The number of para-hydroxylation sites is 2. The summed E-state index contributed by atoms with van der Waals surface area (Å²) in [5.41, 5.74) is 3.21. The maximum atomic E-state index is 12.8. The average Bonchev–Trinajstić information content (AvgIpc) is 2.86. The zero-order valence-corrected chi connectivity index (χ0v) is 13.8. The van der Waals surface area contributed by atoms with Crippen molar-refractivity contribution in [1.29, 1.82) is 0 Å². The lowest BCUT2D eigenvalue weighted by Crippen LogP contribution is -2.18. The number of methoxy groups -OCH3 is 1. The van der Waals surface area contributed by atoms with E-state index in [9.17, 15) is 9.59 Å². The SMILES string of the molecule is COC(=O)c1ccccc1NC(=O)c1c(C)c2ccccc2n1C. The second-order valence-electron chi connectivity index (χ2n) is 5.54. The van der Waals surface area contributed by atoms with Crippen molar-refractivity contribution in [2.75, 3.05) is 12.4 Å². The second-order valence-corrected chi connectivity index (χ2v) is 5.54. The first-order chi connectivity index (χ1) is 11.5. The van der Waals surface area contributed by atoms with Crippen molar-refractivity contribution in [3.05, 3.63) is 65.4 Å². The molecule has 5 heteroatoms. The zero-order chi connectivity index (χ0) is 17.3. The number of rotatable bonds is 3. The normalized spacial score (nSPS) is 10.6. The van der Waals surface area contributed by atoms with E-state index >= 15 is 0 Å². The molecule has 0 fully saturated rings. The molecule has 122 valence electrons. The van der Waals surface area contributed by atoms with Gasteiger partial charge in [-0.2, -0.15) is 0 Å². The predicted octanol–water partition coefficient (Wildman–Crippen LogP) is 3.53. The molecule has 0 aliphatic rings. The third kappa shape index (κ3) is 2.54. The maximum absolute atomic E-state index is 12.8. The first kappa shape index (κ1) is 15.8. The molecule has 5 nitrogen and oxygen atoms in total. The topological polar surface area (TPSA) is 60.3 Å². The summed E-state index contributed by atoms with van der Waals surface area (Å²) in [6, 6.07) is 14.6. The highest BCUT2D eigenvalue weighted by atomic mass is 16.5. The van der Waals surface area contributed by atoms with Crippen LogP contribution in [0.15, 0.2) is 48.5 Å². The van der Waals surface area contributed by atoms with Crippen molar-refractivity contribution < 1.29 is 14.3 Å². The minimum atomic E-state index is -0.486. The molecule has 1 amide bonds. The number of carbonyl (C=O) groups excluding carboxylic acids is 2. The monoisotopic (exact) mass is 322 g/mol. The summed E-state index contributed by atoms with van der Waals surface area (Å²) < 4.78 is 6.63. The van der Waals surface area contributed by atoms with Gasteiger partial charge in [0, 0.05) is 18.0 Å². The lowest BCUT2D eigenvalue weighted by molar-refractivity contribution is 0.0602. The van der Waals surface area contributed by atoms with Gasteiger partial charge in [-0.25, -0.2) is 4.79 Å². The number of nitrogens with zero attached hydrogens (tertiary/aromatic N) is 1. The minimum absolute atomic E-state index is 0.262. The van der Waals surface area contributed by atoms with E-state index in [4.69, 9.17) is 4.74 Å². The number of nitrogens with one attached hydrogen (secondary N) is 1. The number of ether oxygens (including phenoxy) is 1. The van der Waals surface area contributed by atoms with Gasteiger partial charge in [0.2, 0.25) is 0 Å². The summed E-state index contributed by atoms with van der Waals surface area (Å²) in [5.74, 6) is -0.748. The Hall–Kier alpha value is -3.08. The highest BCUT2D eigenvalue weighted by molar-refractivity contribution is 6.10. The maximum Gasteiger partial charge on any atom is 0.339 e. The van der Waals surface area contributed by atoms with Crippen LogP contribution in [0.5, 0.6) is 0 Å². The van der Waals surface area contributed by atoms with E-state index in [0.717, 1.165) is 16.5 Å². The molecule has 0 saturated heterocycles. The third-order valence-corrected chi connectivity index (χ3v) is 4.16. The molecule has 0 unspecified atom stereocenters. The van der Waals surface area contributed by atoms with Gasteiger partial charge in [0.25, 0.3) is 5.91 Å². The van der Waals surface area contributed by atoms with Crippen molar-refractivity contribution in [3.8, 4) is 0 Å². The molecular weight excluding hydrogens is 304 g/mol.